The first-order chi connectivity index (χ1) is 12.8. The molecule has 0 radical (unpaired) electrons. The fraction of sp³-hybridized carbons (Fsp3) is 0.0588. The zero-order valence-corrected chi connectivity index (χ0v) is 16.4. The molecule has 1 heterocycles. The SMILES string of the molecule is COc1ccc(NC(=O)c2csc(-c3ccc(Cl)cc3)n2)cc1S(N)(=O)=O. The first-order valence-electron chi connectivity index (χ1n) is 7.51. The van der Waals surface area contributed by atoms with Crippen LogP contribution in [-0.4, -0.2) is 26.4 Å². The Morgan fingerprint density at radius 3 is 2.56 bits per heavy atom. The zero-order valence-electron chi connectivity index (χ0n) is 14.0. The molecule has 3 N–H and O–H groups in total. The summed E-state index contributed by atoms with van der Waals surface area (Å²) in [5.74, 6) is -0.383. The van der Waals surface area contributed by atoms with Crippen molar-refractivity contribution >= 4 is 44.6 Å². The summed E-state index contributed by atoms with van der Waals surface area (Å²) in [7, 11) is -2.68. The molecule has 3 rings (SSSR count). The van der Waals surface area contributed by atoms with E-state index in [1.165, 1.54) is 36.6 Å². The number of aromatic nitrogens is 1. The van der Waals surface area contributed by atoms with Crippen molar-refractivity contribution in [1.29, 1.82) is 0 Å². The number of ether oxygens (including phenoxy) is 1. The monoisotopic (exact) mass is 423 g/mol. The highest BCUT2D eigenvalue weighted by Crippen LogP contribution is 2.28. The number of halogens is 1. The molecule has 0 unspecified atom stereocenters. The van der Waals surface area contributed by atoms with E-state index in [1.807, 2.05) is 12.1 Å². The third-order valence-corrected chi connectivity index (χ3v) is 5.63. The molecule has 0 aliphatic carbocycles. The summed E-state index contributed by atoms with van der Waals surface area (Å²) < 4.78 is 28.3. The van der Waals surface area contributed by atoms with Gasteiger partial charge in [0.2, 0.25) is 10.0 Å². The van der Waals surface area contributed by atoms with Gasteiger partial charge in [-0.25, -0.2) is 18.5 Å². The summed E-state index contributed by atoms with van der Waals surface area (Å²) in [4.78, 5) is 16.5. The molecule has 0 saturated carbocycles. The summed E-state index contributed by atoms with van der Waals surface area (Å²) in [5.41, 5.74) is 1.30. The maximum absolute atomic E-state index is 12.4. The average molecular weight is 424 g/mol. The van der Waals surface area contributed by atoms with E-state index >= 15 is 0 Å². The molecule has 140 valence electrons. The van der Waals surface area contributed by atoms with Crippen molar-refractivity contribution in [2.75, 3.05) is 12.4 Å². The summed E-state index contributed by atoms with van der Waals surface area (Å²) in [5, 5.41) is 10.7. The van der Waals surface area contributed by atoms with Gasteiger partial charge in [0.25, 0.3) is 5.91 Å². The lowest BCUT2D eigenvalue weighted by Crippen LogP contribution is -2.16. The maximum Gasteiger partial charge on any atom is 0.275 e. The Hall–Kier alpha value is -2.46. The van der Waals surface area contributed by atoms with Gasteiger partial charge in [0.15, 0.2) is 0 Å². The molecule has 7 nitrogen and oxygen atoms in total. The minimum atomic E-state index is -4.00. The number of rotatable bonds is 5. The van der Waals surface area contributed by atoms with Crippen molar-refractivity contribution in [3.8, 4) is 16.3 Å². The third kappa shape index (κ3) is 4.45. The van der Waals surface area contributed by atoms with Crippen LogP contribution < -0.4 is 15.2 Å². The van der Waals surface area contributed by atoms with Gasteiger partial charge in [0, 0.05) is 21.7 Å². The van der Waals surface area contributed by atoms with Crippen LogP contribution >= 0.6 is 22.9 Å². The Morgan fingerprint density at radius 2 is 1.93 bits per heavy atom. The Morgan fingerprint density at radius 1 is 1.22 bits per heavy atom. The molecular formula is C17H14ClN3O4S2. The molecule has 1 aromatic heterocycles. The fourth-order valence-electron chi connectivity index (χ4n) is 2.28. The molecule has 0 aliphatic rings. The first-order valence-corrected chi connectivity index (χ1v) is 10.3. The minimum absolute atomic E-state index is 0.0918. The molecular weight excluding hydrogens is 410 g/mol. The van der Waals surface area contributed by atoms with Crippen LogP contribution in [0.25, 0.3) is 10.6 Å². The Kier molecular flexibility index (Phi) is 5.47. The van der Waals surface area contributed by atoms with Crippen LogP contribution in [0.2, 0.25) is 5.02 Å². The van der Waals surface area contributed by atoms with Gasteiger partial charge in [0.05, 0.1) is 7.11 Å². The van der Waals surface area contributed by atoms with E-state index in [2.05, 4.69) is 10.3 Å². The highest BCUT2D eigenvalue weighted by molar-refractivity contribution is 7.89. The number of methoxy groups -OCH3 is 1. The number of thiazole rings is 1. The third-order valence-electron chi connectivity index (χ3n) is 3.56. The predicted octanol–water partition coefficient (Wildman–Crippen LogP) is 3.37. The molecule has 0 bridgehead atoms. The van der Waals surface area contributed by atoms with Crippen molar-refractivity contribution in [3.63, 3.8) is 0 Å². The molecule has 0 fully saturated rings. The summed E-state index contributed by atoms with van der Waals surface area (Å²) >= 11 is 7.18. The number of nitrogens with two attached hydrogens (primary N) is 1. The molecule has 0 atom stereocenters. The van der Waals surface area contributed by atoms with Gasteiger partial charge in [-0.05, 0) is 30.3 Å². The molecule has 3 aromatic rings. The second kappa shape index (κ2) is 7.65. The highest BCUT2D eigenvalue weighted by Gasteiger charge is 2.18. The van der Waals surface area contributed by atoms with Gasteiger partial charge in [-0.2, -0.15) is 0 Å². The number of sulfonamides is 1. The lowest BCUT2D eigenvalue weighted by molar-refractivity contribution is 0.102. The number of hydrogen-bond donors (Lipinski definition) is 2. The van der Waals surface area contributed by atoms with E-state index in [-0.39, 0.29) is 22.0 Å². The minimum Gasteiger partial charge on any atom is -0.495 e. The van der Waals surface area contributed by atoms with E-state index in [0.717, 1.165) is 5.56 Å². The van der Waals surface area contributed by atoms with Gasteiger partial charge in [-0.15, -0.1) is 11.3 Å². The smallest absolute Gasteiger partial charge is 0.275 e. The second-order valence-electron chi connectivity index (χ2n) is 5.41. The van der Waals surface area contributed by atoms with Crippen molar-refractivity contribution < 1.29 is 17.9 Å². The zero-order chi connectivity index (χ0) is 19.6. The summed E-state index contributed by atoms with van der Waals surface area (Å²) in [6.45, 7) is 0. The maximum atomic E-state index is 12.4. The van der Waals surface area contributed by atoms with Crippen LogP contribution in [0.1, 0.15) is 10.5 Å². The number of amides is 1. The largest absolute Gasteiger partial charge is 0.495 e. The van der Waals surface area contributed by atoms with Gasteiger partial charge >= 0.3 is 0 Å². The van der Waals surface area contributed by atoms with Gasteiger partial charge in [-0.3, -0.25) is 4.79 Å². The molecule has 1 amide bonds. The van der Waals surface area contributed by atoms with Crippen LogP contribution in [0.3, 0.4) is 0 Å². The first kappa shape index (κ1) is 19.3. The number of carbonyl (C=O) groups excluding carboxylic acids is 1. The van der Waals surface area contributed by atoms with Crippen molar-refractivity contribution in [2.24, 2.45) is 5.14 Å². The van der Waals surface area contributed by atoms with E-state index in [4.69, 9.17) is 21.5 Å². The quantitative estimate of drug-likeness (QED) is 0.653. The number of nitrogens with one attached hydrogen (secondary N) is 1. The summed E-state index contributed by atoms with van der Waals surface area (Å²) in [6.07, 6.45) is 0. The lowest BCUT2D eigenvalue weighted by Gasteiger charge is -2.09. The van der Waals surface area contributed by atoms with Gasteiger partial charge < -0.3 is 10.1 Å². The van der Waals surface area contributed by atoms with Crippen molar-refractivity contribution in [2.45, 2.75) is 4.90 Å². The van der Waals surface area contributed by atoms with Crippen molar-refractivity contribution in [3.05, 3.63) is 58.6 Å². The normalized spacial score (nSPS) is 11.2. The van der Waals surface area contributed by atoms with E-state index in [0.29, 0.717) is 10.0 Å². The number of benzene rings is 2. The Bertz CT molecular complexity index is 1100. The van der Waals surface area contributed by atoms with Gasteiger partial charge in [0.1, 0.15) is 21.3 Å². The summed E-state index contributed by atoms with van der Waals surface area (Å²) in [6, 6.07) is 11.3. The fourth-order valence-corrected chi connectivity index (χ4v) is 3.93. The van der Waals surface area contributed by atoms with E-state index in [9.17, 15) is 13.2 Å². The highest BCUT2D eigenvalue weighted by atomic mass is 35.5. The number of anilines is 1. The van der Waals surface area contributed by atoms with Crippen LogP contribution in [0.5, 0.6) is 5.75 Å². The van der Waals surface area contributed by atoms with E-state index in [1.54, 1.807) is 17.5 Å². The molecule has 0 spiro atoms. The van der Waals surface area contributed by atoms with Gasteiger partial charge in [-0.1, -0.05) is 23.7 Å². The predicted molar refractivity (Wildman–Crippen MR) is 105 cm³/mol. The van der Waals surface area contributed by atoms with Crippen molar-refractivity contribution in [1.82, 2.24) is 4.98 Å². The molecule has 0 aliphatic heterocycles. The van der Waals surface area contributed by atoms with Crippen LogP contribution in [0.4, 0.5) is 5.69 Å². The number of nitrogens with zero attached hydrogens (tertiary/aromatic N) is 1. The molecule has 0 saturated heterocycles. The number of hydrogen-bond acceptors (Lipinski definition) is 6. The molecule has 10 heteroatoms. The Balaban J connectivity index is 1.83. The average Bonchev–Trinajstić information content (AvgIpc) is 3.12. The standard InChI is InChI=1S/C17H14ClN3O4S2/c1-25-14-7-6-12(8-15(14)27(19,23)24)20-16(22)13-9-26-17(21-13)10-2-4-11(18)5-3-10/h2-9H,1H3,(H,20,22)(H2,19,23,24). The van der Waals surface area contributed by atoms with E-state index < -0.39 is 15.9 Å². The van der Waals surface area contributed by atoms with Crippen LogP contribution in [0, 0.1) is 0 Å². The Labute approximate surface area is 164 Å². The molecule has 27 heavy (non-hydrogen) atoms. The van der Waals surface area contributed by atoms with Crippen LogP contribution in [-0.2, 0) is 10.0 Å². The van der Waals surface area contributed by atoms with Crippen LogP contribution in [0.15, 0.2) is 52.7 Å². The molecule has 2 aromatic carbocycles. The number of primary sulfonamides is 1. The second-order valence-corrected chi connectivity index (χ2v) is 8.23. The number of carbonyl (C=O) groups is 1. The topological polar surface area (TPSA) is 111 Å². The lowest BCUT2D eigenvalue weighted by atomic mass is 10.2.